The van der Waals surface area contributed by atoms with Crippen LogP contribution in [0.2, 0.25) is 0 Å². The van der Waals surface area contributed by atoms with Crippen molar-refractivity contribution in [3.8, 4) is 11.5 Å². The van der Waals surface area contributed by atoms with Crippen molar-refractivity contribution in [2.45, 2.75) is 25.8 Å². The van der Waals surface area contributed by atoms with E-state index in [0.29, 0.717) is 0 Å². The molecule has 0 unspecified atom stereocenters. The number of likely N-dealkylation sites (tertiary alicyclic amines) is 1. The van der Waals surface area contributed by atoms with E-state index < -0.39 is 0 Å². The molecule has 0 radical (unpaired) electrons. The molecule has 0 atom stereocenters. The molecule has 24 heavy (non-hydrogen) atoms. The first-order chi connectivity index (χ1) is 11.8. The minimum absolute atomic E-state index is 0.741. The molecule has 2 aromatic heterocycles. The quantitative estimate of drug-likeness (QED) is 0.816. The number of ether oxygens (including phenoxy) is 2. The Balaban J connectivity index is 1.56. The van der Waals surface area contributed by atoms with Crippen molar-refractivity contribution in [1.82, 2.24) is 14.9 Å². The Kier molecular flexibility index (Phi) is 5.64. The van der Waals surface area contributed by atoms with Crippen LogP contribution < -0.4 is 9.47 Å². The third kappa shape index (κ3) is 4.03. The average molecular weight is 327 g/mol. The van der Waals surface area contributed by atoms with Gasteiger partial charge in [0.1, 0.15) is 5.69 Å². The third-order valence-electron chi connectivity index (χ3n) is 4.69. The predicted octanol–water partition coefficient (Wildman–Crippen LogP) is 2.95. The van der Waals surface area contributed by atoms with Crippen LogP contribution in [0.5, 0.6) is 11.5 Å². The molecule has 3 rings (SSSR count). The minimum atomic E-state index is 0.741. The summed E-state index contributed by atoms with van der Waals surface area (Å²) in [6.45, 7) is 2.99. The lowest BCUT2D eigenvalue weighted by atomic mass is 9.90. The topological polar surface area (TPSA) is 47.5 Å². The highest BCUT2D eigenvalue weighted by Crippen LogP contribution is 2.31. The van der Waals surface area contributed by atoms with Gasteiger partial charge in [0.05, 0.1) is 14.2 Å². The van der Waals surface area contributed by atoms with Gasteiger partial charge in [-0.2, -0.15) is 0 Å². The molecular weight excluding hydrogens is 302 g/mol. The van der Waals surface area contributed by atoms with E-state index in [-0.39, 0.29) is 0 Å². The summed E-state index contributed by atoms with van der Waals surface area (Å²) < 4.78 is 10.8. The molecule has 0 N–H and O–H groups in total. The van der Waals surface area contributed by atoms with E-state index in [2.05, 4.69) is 20.9 Å². The van der Waals surface area contributed by atoms with Gasteiger partial charge in [-0.15, -0.1) is 0 Å². The second-order valence-corrected chi connectivity index (χ2v) is 6.28. The van der Waals surface area contributed by atoms with Crippen LogP contribution in [0.15, 0.2) is 36.8 Å². The number of aromatic nitrogens is 2. The molecule has 5 heteroatoms. The van der Waals surface area contributed by atoms with Crippen molar-refractivity contribution >= 4 is 0 Å². The van der Waals surface area contributed by atoms with Gasteiger partial charge in [-0.05, 0) is 49.9 Å². The van der Waals surface area contributed by atoms with Crippen LogP contribution >= 0.6 is 0 Å². The lowest BCUT2D eigenvalue weighted by molar-refractivity contribution is 0.173. The van der Waals surface area contributed by atoms with E-state index in [0.717, 1.165) is 49.2 Å². The van der Waals surface area contributed by atoms with E-state index in [9.17, 15) is 0 Å². The number of piperidine rings is 1. The maximum absolute atomic E-state index is 5.49. The van der Waals surface area contributed by atoms with Crippen molar-refractivity contribution in [3.05, 3.63) is 48.0 Å². The van der Waals surface area contributed by atoms with E-state index in [4.69, 9.17) is 9.47 Å². The first kappa shape index (κ1) is 16.7. The zero-order valence-electron chi connectivity index (χ0n) is 14.4. The summed E-state index contributed by atoms with van der Waals surface area (Å²) >= 11 is 0. The highest BCUT2D eigenvalue weighted by atomic mass is 16.5. The summed E-state index contributed by atoms with van der Waals surface area (Å²) in [5, 5.41) is 0. The van der Waals surface area contributed by atoms with Crippen molar-refractivity contribution in [1.29, 1.82) is 0 Å². The highest BCUT2D eigenvalue weighted by molar-refractivity contribution is 5.42. The van der Waals surface area contributed by atoms with Crippen molar-refractivity contribution < 1.29 is 9.47 Å². The van der Waals surface area contributed by atoms with E-state index >= 15 is 0 Å². The van der Waals surface area contributed by atoms with Crippen LogP contribution in [0.25, 0.3) is 0 Å². The highest BCUT2D eigenvalue weighted by Gasteiger charge is 2.21. The second kappa shape index (κ2) is 8.11. The normalized spacial score (nSPS) is 16.1. The van der Waals surface area contributed by atoms with Crippen LogP contribution in [0.1, 0.15) is 24.1 Å². The Morgan fingerprint density at radius 1 is 1.12 bits per heavy atom. The summed E-state index contributed by atoms with van der Waals surface area (Å²) in [7, 11) is 3.33. The number of nitrogens with zero attached hydrogens (tertiary/aromatic N) is 3. The molecule has 128 valence electrons. The number of methoxy groups -OCH3 is 2. The van der Waals surface area contributed by atoms with E-state index in [1.54, 1.807) is 20.4 Å². The molecule has 0 saturated carbocycles. The van der Waals surface area contributed by atoms with Gasteiger partial charge < -0.3 is 9.47 Å². The SMILES string of the molecule is COc1ccnc(CN2CCC(Cc3cccnc3)CC2)c1OC. The van der Waals surface area contributed by atoms with Crippen LogP contribution in [-0.2, 0) is 13.0 Å². The molecule has 5 nitrogen and oxygen atoms in total. The Bertz CT molecular complexity index is 640. The maximum atomic E-state index is 5.49. The van der Waals surface area contributed by atoms with E-state index in [1.807, 2.05) is 24.5 Å². The number of hydrogen-bond acceptors (Lipinski definition) is 5. The van der Waals surface area contributed by atoms with Gasteiger partial charge in [-0.1, -0.05) is 6.07 Å². The van der Waals surface area contributed by atoms with Gasteiger partial charge in [0.15, 0.2) is 11.5 Å². The first-order valence-corrected chi connectivity index (χ1v) is 8.47. The monoisotopic (exact) mass is 327 g/mol. The number of pyridine rings is 2. The molecule has 0 aromatic carbocycles. The minimum Gasteiger partial charge on any atom is -0.493 e. The fraction of sp³-hybridized carbons (Fsp3) is 0.474. The zero-order chi connectivity index (χ0) is 16.8. The summed E-state index contributed by atoms with van der Waals surface area (Å²) in [5.41, 5.74) is 2.29. The van der Waals surface area contributed by atoms with Gasteiger partial charge in [0.2, 0.25) is 0 Å². The van der Waals surface area contributed by atoms with Crippen LogP contribution in [0.4, 0.5) is 0 Å². The molecule has 1 fully saturated rings. The Hall–Kier alpha value is -2.14. The largest absolute Gasteiger partial charge is 0.493 e. The van der Waals surface area contributed by atoms with Crippen molar-refractivity contribution in [2.75, 3.05) is 27.3 Å². The fourth-order valence-electron chi connectivity index (χ4n) is 3.38. The average Bonchev–Trinajstić information content (AvgIpc) is 2.64. The predicted molar refractivity (Wildman–Crippen MR) is 93.3 cm³/mol. The van der Waals surface area contributed by atoms with Crippen LogP contribution in [0.3, 0.4) is 0 Å². The van der Waals surface area contributed by atoms with Crippen molar-refractivity contribution in [2.24, 2.45) is 5.92 Å². The summed E-state index contributed by atoms with van der Waals surface area (Å²) in [6, 6.07) is 6.03. The molecule has 0 amide bonds. The molecule has 0 spiro atoms. The second-order valence-electron chi connectivity index (χ2n) is 6.28. The summed E-state index contributed by atoms with van der Waals surface area (Å²) in [5.74, 6) is 2.23. The van der Waals surface area contributed by atoms with Crippen LogP contribution in [-0.4, -0.2) is 42.2 Å². The molecule has 0 aliphatic carbocycles. The van der Waals surface area contributed by atoms with Gasteiger partial charge in [-0.25, -0.2) is 0 Å². The Morgan fingerprint density at radius 3 is 2.62 bits per heavy atom. The van der Waals surface area contributed by atoms with Gasteiger partial charge >= 0.3 is 0 Å². The number of rotatable bonds is 6. The van der Waals surface area contributed by atoms with E-state index in [1.165, 1.54) is 18.4 Å². The molecule has 1 aliphatic rings. The van der Waals surface area contributed by atoms with Crippen LogP contribution in [0, 0.1) is 5.92 Å². The lowest BCUT2D eigenvalue weighted by Gasteiger charge is -2.32. The fourth-order valence-corrected chi connectivity index (χ4v) is 3.38. The molecule has 2 aromatic rings. The summed E-state index contributed by atoms with van der Waals surface area (Å²) in [6.07, 6.45) is 9.15. The van der Waals surface area contributed by atoms with Gasteiger partial charge in [0.25, 0.3) is 0 Å². The Labute approximate surface area is 143 Å². The van der Waals surface area contributed by atoms with Gasteiger partial charge in [0, 0.05) is 31.2 Å². The smallest absolute Gasteiger partial charge is 0.183 e. The zero-order valence-corrected chi connectivity index (χ0v) is 14.4. The maximum Gasteiger partial charge on any atom is 0.183 e. The molecule has 1 aliphatic heterocycles. The molecule has 3 heterocycles. The Morgan fingerprint density at radius 2 is 1.96 bits per heavy atom. The molecule has 0 bridgehead atoms. The van der Waals surface area contributed by atoms with Gasteiger partial charge in [-0.3, -0.25) is 14.9 Å². The molecular formula is C19H25N3O2. The lowest BCUT2D eigenvalue weighted by Crippen LogP contribution is -2.34. The molecule has 1 saturated heterocycles. The summed E-state index contributed by atoms with van der Waals surface area (Å²) in [4.78, 5) is 11.1. The standard InChI is InChI=1S/C19H25N3O2/c1-23-18-5-9-21-17(19(18)24-2)14-22-10-6-15(7-11-22)12-16-4-3-8-20-13-16/h3-5,8-9,13,15H,6-7,10-12,14H2,1-2H3. The van der Waals surface area contributed by atoms with Crippen molar-refractivity contribution in [3.63, 3.8) is 0 Å². The third-order valence-corrected chi connectivity index (χ3v) is 4.69. The first-order valence-electron chi connectivity index (χ1n) is 8.47. The number of hydrogen-bond donors (Lipinski definition) is 0.